The minimum atomic E-state index is 0.267. The van der Waals surface area contributed by atoms with Gasteiger partial charge in [0.2, 0.25) is 0 Å². The fraction of sp³-hybridized carbons (Fsp3) is 0.571. The highest BCUT2D eigenvalue weighted by molar-refractivity contribution is 5.39. The second-order valence-electron chi connectivity index (χ2n) is 4.90. The van der Waals surface area contributed by atoms with E-state index >= 15 is 0 Å². The van der Waals surface area contributed by atoms with Crippen molar-refractivity contribution in [3.8, 4) is 11.5 Å². The molecule has 1 fully saturated rings. The molecule has 0 spiro atoms. The Hall–Kier alpha value is -1.22. The minimum absolute atomic E-state index is 0.267. The van der Waals surface area contributed by atoms with Crippen LogP contribution in [0, 0.1) is 5.41 Å². The number of hydrogen-bond acceptors (Lipinski definition) is 3. The molecule has 3 nitrogen and oxygen atoms in total. The molecule has 2 N–H and O–H groups in total. The third kappa shape index (κ3) is 2.72. The molecule has 1 aliphatic carbocycles. The van der Waals surface area contributed by atoms with Gasteiger partial charge in [-0.25, -0.2) is 0 Å². The molecule has 0 radical (unpaired) electrons. The SMILES string of the molecule is COc1ccccc1OCCC1(C(C)N)CC1. The Morgan fingerprint density at radius 1 is 1.29 bits per heavy atom. The smallest absolute Gasteiger partial charge is 0.161 e. The second kappa shape index (κ2) is 4.96. The average molecular weight is 235 g/mol. The van der Waals surface area contributed by atoms with Gasteiger partial charge in [-0.15, -0.1) is 0 Å². The van der Waals surface area contributed by atoms with Gasteiger partial charge in [-0.05, 0) is 43.7 Å². The molecule has 94 valence electrons. The zero-order valence-corrected chi connectivity index (χ0v) is 10.6. The Morgan fingerprint density at radius 2 is 1.94 bits per heavy atom. The van der Waals surface area contributed by atoms with Crippen LogP contribution < -0.4 is 15.2 Å². The molecule has 0 saturated heterocycles. The van der Waals surface area contributed by atoms with Gasteiger partial charge in [-0.3, -0.25) is 0 Å². The fourth-order valence-corrected chi connectivity index (χ4v) is 2.20. The maximum atomic E-state index is 5.99. The highest BCUT2D eigenvalue weighted by Gasteiger charge is 2.45. The largest absolute Gasteiger partial charge is 0.493 e. The van der Waals surface area contributed by atoms with Gasteiger partial charge in [-0.2, -0.15) is 0 Å². The van der Waals surface area contributed by atoms with Crippen LogP contribution in [-0.4, -0.2) is 19.8 Å². The molecule has 1 saturated carbocycles. The Labute approximate surface area is 103 Å². The maximum Gasteiger partial charge on any atom is 0.161 e. The standard InChI is InChI=1S/C14H21NO2/c1-11(15)14(7-8-14)9-10-17-13-6-4-3-5-12(13)16-2/h3-6,11H,7-10,15H2,1-2H3. The number of nitrogens with two attached hydrogens (primary N) is 1. The summed E-state index contributed by atoms with van der Waals surface area (Å²) in [4.78, 5) is 0. The van der Waals surface area contributed by atoms with Crippen molar-refractivity contribution in [2.45, 2.75) is 32.2 Å². The average Bonchev–Trinajstić information content (AvgIpc) is 3.11. The first-order valence-corrected chi connectivity index (χ1v) is 6.19. The van der Waals surface area contributed by atoms with E-state index in [1.807, 2.05) is 24.3 Å². The molecule has 0 aliphatic heterocycles. The predicted molar refractivity (Wildman–Crippen MR) is 68.4 cm³/mol. The lowest BCUT2D eigenvalue weighted by atomic mass is 9.95. The quantitative estimate of drug-likeness (QED) is 0.824. The number of ether oxygens (including phenoxy) is 2. The van der Waals surface area contributed by atoms with Crippen LogP contribution in [0.15, 0.2) is 24.3 Å². The monoisotopic (exact) mass is 235 g/mol. The molecule has 1 atom stereocenters. The van der Waals surface area contributed by atoms with E-state index in [1.54, 1.807) is 7.11 Å². The summed E-state index contributed by atoms with van der Waals surface area (Å²) in [6.45, 7) is 2.80. The van der Waals surface area contributed by atoms with E-state index in [0.717, 1.165) is 17.9 Å². The minimum Gasteiger partial charge on any atom is -0.493 e. The zero-order chi connectivity index (χ0) is 12.3. The lowest BCUT2D eigenvalue weighted by Crippen LogP contribution is -2.29. The lowest BCUT2D eigenvalue weighted by molar-refractivity contribution is 0.243. The molecule has 1 unspecified atom stereocenters. The van der Waals surface area contributed by atoms with Crippen molar-refractivity contribution in [1.82, 2.24) is 0 Å². The van der Waals surface area contributed by atoms with Gasteiger partial charge < -0.3 is 15.2 Å². The molecule has 0 bridgehead atoms. The molecule has 0 aromatic heterocycles. The summed E-state index contributed by atoms with van der Waals surface area (Å²) >= 11 is 0. The summed E-state index contributed by atoms with van der Waals surface area (Å²) < 4.78 is 11.0. The molecular weight excluding hydrogens is 214 g/mol. The highest BCUT2D eigenvalue weighted by Crippen LogP contribution is 2.50. The van der Waals surface area contributed by atoms with Crippen molar-refractivity contribution in [3.05, 3.63) is 24.3 Å². The summed E-state index contributed by atoms with van der Waals surface area (Å²) in [6, 6.07) is 8.01. The van der Waals surface area contributed by atoms with Crippen molar-refractivity contribution >= 4 is 0 Å². The molecule has 1 aromatic rings. The number of hydrogen-bond donors (Lipinski definition) is 1. The topological polar surface area (TPSA) is 44.5 Å². The van der Waals surface area contributed by atoms with Gasteiger partial charge in [0.1, 0.15) is 0 Å². The molecular formula is C14H21NO2. The van der Waals surface area contributed by atoms with Crippen molar-refractivity contribution < 1.29 is 9.47 Å². The van der Waals surface area contributed by atoms with Crippen molar-refractivity contribution in [2.24, 2.45) is 11.1 Å². The third-order valence-electron chi connectivity index (χ3n) is 3.78. The van der Waals surface area contributed by atoms with Crippen LogP contribution in [0.2, 0.25) is 0 Å². The first-order chi connectivity index (χ1) is 8.18. The van der Waals surface area contributed by atoms with E-state index in [0.29, 0.717) is 12.0 Å². The molecule has 1 aliphatic rings. The van der Waals surface area contributed by atoms with Crippen LogP contribution in [0.1, 0.15) is 26.2 Å². The Kier molecular flexibility index (Phi) is 3.57. The number of methoxy groups -OCH3 is 1. The molecule has 3 heteroatoms. The van der Waals surface area contributed by atoms with Gasteiger partial charge in [0, 0.05) is 6.04 Å². The lowest BCUT2D eigenvalue weighted by Gasteiger charge is -2.19. The summed E-state index contributed by atoms with van der Waals surface area (Å²) in [5.74, 6) is 1.61. The Bertz CT molecular complexity index is 372. The highest BCUT2D eigenvalue weighted by atomic mass is 16.5. The zero-order valence-electron chi connectivity index (χ0n) is 10.6. The van der Waals surface area contributed by atoms with Crippen LogP contribution in [0.3, 0.4) is 0 Å². The molecule has 0 heterocycles. The van der Waals surface area contributed by atoms with Crippen LogP contribution in [0.5, 0.6) is 11.5 Å². The maximum absolute atomic E-state index is 5.99. The normalized spacial score (nSPS) is 18.5. The van der Waals surface area contributed by atoms with E-state index in [2.05, 4.69) is 6.92 Å². The van der Waals surface area contributed by atoms with Crippen LogP contribution >= 0.6 is 0 Å². The van der Waals surface area contributed by atoms with Gasteiger partial charge >= 0.3 is 0 Å². The van der Waals surface area contributed by atoms with Crippen molar-refractivity contribution in [2.75, 3.05) is 13.7 Å². The number of rotatable bonds is 6. The van der Waals surface area contributed by atoms with Crippen LogP contribution in [0.4, 0.5) is 0 Å². The summed E-state index contributed by atoms with van der Waals surface area (Å²) in [6.07, 6.45) is 3.50. The van der Waals surface area contributed by atoms with Crippen LogP contribution in [0.25, 0.3) is 0 Å². The first-order valence-electron chi connectivity index (χ1n) is 6.19. The molecule has 0 amide bonds. The van der Waals surface area contributed by atoms with Crippen molar-refractivity contribution in [3.63, 3.8) is 0 Å². The third-order valence-corrected chi connectivity index (χ3v) is 3.78. The summed E-state index contributed by atoms with van der Waals surface area (Å²) in [5.41, 5.74) is 6.32. The van der Waals surface area contributed by atoms with Gasteiger partial charge in [-0.1, -0.05) is 12.1 Å². The van der Waals surface area contributed by atoms with Crippen molar-refractivity contribution in [1.29, 1.82) is 0 Å². The van der Waals surface area contributed by atoms with Gasteiger partial charge in [0.15, 0.2) is 11.5 Å². The number of para-hydroxylation sites is 2. The first kappa shape index (κ1) is 12.2. The second-order valence-corrected chi connectivity index (χ2v) is 4.90. The van der Waals surface area contributed by atoms with E-state index in [1.165, 1.54) is 12.8 Å². The number of benzene rings is 1. The summed E-state index contributed by atoms with van der Waals surface area (Å²) in [7, 11) is 1.66. The molecule has 17 heavy (non-hydrogen) atoms. The van der Waals surface area contributed by atoms with E-state index in [9.17, 15) is 0 Å². The Morgan fingerprint density at radius 3 is 2.47 bits per heavy atom. The summed E-state index contributed by atoms with van der Waals surface area (Å²) in [5, 5.41) is 0. The van der Waals surface area contributed by atoms with E-state index in [4.69, 9.17) is 15.2 Å². The van der Waals surface area contributed by atoms with Gasteiger partial charge in [0.05, 0.1) is 13.7 Å². The van der Waals surface area contributed by atoms with E-state index in [-0.39, 0.29) is 6.04 Å². The fourth-order valence-electron chi connectivity index (χ4n) is 2.20. The molecule has 1 aromatic carbocycles. The molecule has 2 rings (SSSR count). The predicted octanol–water partition coefficient (Wildman–Crippen LogP) is 2.59. The van der Waals surface area contributed by atoms with E-state index < -0.39 is 0 Å². The van der Waals surface area contributed by atoms with Gasteiger partial charge in [0.25, 0.3) is 0 Å². The Balaban J connectivity index is 1.86. The van der Waals surface area contributed by atoms with Crippen LogP contribution in [-0.2, 0) is 0 Å².